The van der Waals surface area contributed by atoms with E-state index in [2.05, 4.69) is 27.5 Å². The van der Waals surface area contributed by atoms with Gasteiger partial charge in [0.15, 0.2) is 11.5 Å². The smallest absolute Gasteiger partial charge is 0.320 e. The number of nitrogens with one attached hydrogen (secondary N) is 1. The summed E-state index contributed by atoms with van der Waals surface area (Å²) in [7, 11) is 3.11. The molecular weight excluding hydrogens is 1040 g/mol. The Morgan fingerprint density at radius 3 is 1.67 bits per heavy atom. The van der Waals surface area contributed by atoms with Crippen molar-refractivity contribution in [3.63, 3.8) is 0 Å². The third-order valence-electron chi connectivity index (χ3n) is 12.2. The normalized spacial score (nSPS) is 15.0. The zero-order valence-electron chi connectivity index (χ0n) is 52.4. The number of methoxy groups -OCH3 is 2. The Bertz CT molecular complexity index is 2260. The molecule has 0 saturated carbocycles. The minimum absolute atomic E-state index is 0.0154. The molecule has 22 heteroatoms. The van der Waals surface area contributed by atoms with Crippen molar-refractivity contribution in [1.29, 1.82) is 0 Å². The molecule has 0 spiro atoms. The average Bonchev–Trinajstić information content (AvgIpc) is 3.97. The molecule has 81 heavy (non-hydrogen) atoms. The van der Waals surface area contributed by atoms with Gasteiger partial charge in [-0.2, -0.15) is 0 Å². The van der Waals surface area contributed by atoms with Gasteiger partial charge in [0.2, 0.25) is 0 Å². The van der Waals surface area contributed by atoms with E-state index >= 15 is 0 Å². The number of nitrogens with zero attached hydrogens (tertiary/aromatic N) is 7. The van der Waals surface area contributed by atoms with Crippen molar-refractivity contribution in [3.05, 3.63) is 35.2 Å². The summed E-state index contributed by atoms with van der Waals surface area (Å²) >= 11 is 0. The highest BCUT2D eigenvalue weighted by Crippen LogP contribution is 2.33. The summed E-state index contributed by atoms with van der Waals surface area (Å²) in [5, 5.41) is 11.9. The number of hydrogen-bond donors (Lipinski definition) is 1. The molecule has 2 aromatic rings. The maximum absolute atomic E-state index is 13.7. The van der Waals surface area contributed by atoms with Crippen LogP contribution in [0.5, 0.6) is 11.5 Å². The van der Waals surface area contributed by atoms with Crippen LogP contribution in [0.4, 0.5) is 0 Å². The maximum Gasteiger partial charge on any atom is 0.320 e. The Labute approximate surface area is 482 Å². The number of benzene rings is 1. The number of unbranched alkanes of at least 4 members (excludes halogenated alkanes) is 2. The average molecular weight is 1150 g/mol. The molecule has 460 valence electrons. The molecule has 22 nitrogen and oxygen atoms in total. The van der Waals surface area contributed by atoms with Crippen LogP contribution in [0, 0.1) is 0 Å². The summed E-state index contributed by atoms with van der Waals surface area (Å²) in [6.07, 6.45) is 7.20. The molecule has 0 bridgehead atoms. The van der Waals surface area contributed by atoms with E-state index in [1.165, 1.54) is 7.11 Å². The van der Waals surface area contributed by atoms with Gasteiger partial charge in [-0.15, -0.1) is 5.10 Å². The van der Waals surface area contributed by atoms with Gasteiger partial charge in [-0.3, -0.25) is 53.0 Å². The lowest BCUT2D eigenvalue weighted by Crippen LogP contribution is -2.53. The van der Waals surface area contributed by atoms with Crippen LogP contribution in [-0.2, 0) is 72.0 Å². The number of aryl methyl sites for hydroxylation is 2. The summed E-state index contributed by atoms with van der Waals surface area (Å²) in [6.45, 7) is 30.3. The lowest BCUT2D eigenvalue weighted by atomic mass is 10.0. The van der Waals surface area contributed by atoms with E-state index in [1.54, 1.807) is 137 Å². The van der Waals surface area contributed by atoms with E-state index in [0.29, 0.717) is 41.9 Å². The molecule has 1 fully saturated rings. The van der Waals surface area contributed by atoms with E-state index < -0.39 is 63.9 Å². The van der Waals surface area contributed by atoms with Crippen LogP contribution in [0.3, 0.4) is 0 Å². The van der Waals surface area contributed by atoms with Crippen LogP contribution in [0.1, 0.15) is 164 Å². The van der Waals surface area contributed by atoms with Crippen molar-refractivity contribution in [3.8, 4) is 11.5 Å². The molecule has 1 amide bonds. The van der Waals surface area contributed by atoms with Gasteiger partial charge in [-0.1, -0.05) is 18.6 Å². The van der Waals surface area contributed by atoms with Crippen LogP contribution in [0.2, 0.25) is 0 Å². The first-order valence-electron chi connectivity index (χ1n) is 28.6. The summed E-state index contributed by atoms with van der Waals surface area (Å²) in [6, 6.07) is 3.36. The SMILES string of the molecule is CCN1CCC[C@H]1CNC(=O)c1cc(CCCCCn2cc(COC[C@H](CN(CCN(CC(=O)OC(C)(C)C)CC(=O)OC(C)(C)C)CC(=O)OC(C)(C)C)N(CC(=O)OC(C)(C)C)CC(=O)OC(C)(C)C)nn2)cc(OC)c1OC. The van der Waals surface area contributed by atoms with Crippen molar-refractivity contribution in [1.82, 2.24) is 39.9 Å². The van der Waals surface area contributed by atoms with Gasteiger partial charge in [-0.05, 0) is 167 Å². The van der Waals surface area contributed by atoms with Crippen molar-refractivity contribution >= 4 is 35.8 Å². The third-order valence-corrected chi connectivity index (χ3v) is 12.2. The summed E-state index contributed by atoms with van der Waals surface area (Å²) in [4.78, 5) is 88.3. The fourth-order valence-electron chi connectivity index (χ4n) is 9.14. The van der Waals surface area contributed by atoms with Crippen molar-refractivity contribution in [2.75, 3.05) is 92.8 Å². The maximum atomic E-state index is 13.7. The predicted octanol–water partition coefficient (Wildman–Crippen LogP) is 6.42. The van der Waals surface area contributed by atoms with Crippen molar-refractivity contribution < 1.29 is 66.7 Å². The molecule has 2 heterocycles. The molecule has 3 rings (SSSR count). The second-order valence-electron chi connectivity index (χ2n) is 25.7. The van der Waals surface area contributed by atoms with Gasteiger partial charge in [0, 0.05) is 44.8 Å². The van der Waals surface area contributed by atoms with Crippen molar-refractivity contribution in [2.24, 2.45) is 0 Å². The van der Waals surface area contributed by atoms with Gasteiger partial charge in [0.05, 0.1) is 71.9 Å². The lowest BCUT2D eigenvalue weighted by molar-refractivity contribution is -0.163. The highest BCUT2D eigenvalue weighted by Gasteiger charge is 2.33. The Kier molecular flexibility index (Phi) is 27.5. The standard InChI is InChI=1S/C59H100N8O14/c1-19-65-26-23-25-44(65)32-60-54(73)46-30-42(31-47(74-17)53(46)75-18)24-21-20-22-27-67-33-43(61-62-67)40-76-41-45(66(38-51(71)80-58(11,12)13)39-52(72)81-59(14,15)16)34-63(35-48(68)77-55(2,3)4)28-29-64(36-49(69)78-56(5,6)7)37-50(70)79-57(8,9)10/h30-31,33,44-45H,19-29,32,34-41H2,1-18H3,(H,60,73)/t44-,45-/m0/s1. The molecule has 2 atom stereocenters. The Balaban J connectivity index is 1.86. The number of aromatic nitrogens is 3. The first-order chi connectivity index (χ1) is 37.5. The fraction of sp³-hybridized carbons (Fsp3) is 0.763. The molecule has 1 aromatic carbocycles. The van der Waals surface area contributed by atoms with E-state index in [-0.39, 0.29) is 71.5 Å². The molecule has 0 unspecified atom stereocenters. The monoisotopic (exact) mass is 1140 g/mol. The van der Waals surface area contributed by atoms with Crippen LogP contribution in [-0.4, -0.2) is 203 Å². The third kappa shape index (κ3) is 28.9. The molecule has 1 aliphatic rings. The summed E-state index contributed by atoms with van der Waals surface area (Å²) in [5.74, 6) is -2.16. The largest absolute Gasteiger partial charge is 0.493 e. The van der Waals surface area contributed by atoms with Gasteiger partial charge < -0.3 is 43.2 Å². The van der Waals surface area contributed by atoms with Gasteiger partial charge in [0.25, 0.3) is 5.91 Å². The molecule has 1 saturated heterocycles. The quantitative estimate of drug-likeness (QED) is 0.0473. The number of ether oxygens (including phenoxy) is 8. The van der Waals surface area contributed by atoms with Gasteiger partial charge >= 0.3 is 29.8 Å². The number of rotatable bonds is 32. The minimum atomic E-state index is -0.847. The number of carbonyl (C=O) groups is 6. The Morgan fingerprint density at radius 2 is 1.17 bits per heavy atom. The summed E-state index contributed by atoms with van der Waals surface area (Å²) < 4.78 is 48.0. The first kappa shape index (κ1) is 69.8. The van der Waals surface area contributed by atoms with Gasteiger partial charge in [-0.25, -0.2) is 0 Å². The number of carbonyl (C=O) groups excluding carboxylic acids is 6. The zero-order valence-corrected chi connectivity index (χ0v) is 52.4. The van der Waals surface area contributed by atoms with E-state index in [9.17, 15) is 28.8 Å². The number of likely N-dealkylation sites (tertiary alicyclic amines) is 1. The predicted molar refractivity (Wildman–Crippen MR) is 307 cm³/mol. The van der Waals surface area contributed by atoms with Crippen LogP contribution < -0.4 is 14.8 Å². The van der Waals surface area contributed by atoms with Crippen LogP contribution in [0.15, 0.2) is 18.3 Å². The highest BCUT2D eigenvalue weighted by atomic mass is 16.6. The Hall–Kier alpha value is -5.42. The second-order valence-corrected chi connectivity index (χ2v) is 25.7. The van der Waals surface area contributed by atoms with Crippen LogP contribution >= 0.6 is 0 Å². The number of amides is 1. The topological polar surface area (TPSA) is 232 Å². The van der Waals surface area contributed by atoms with E-state index in [0.717, 1.165) is 57.2 Å². The highest BCUT2D eigenvalue weighted by molar-refractivity contribution is 5.98. The molecule has 1 N–H and O–H groups in total. The molecule has 1 aliphatic heterocycles. The number of likely N-dealkylation sites (N-methyl/N-ethyl adjacent to an activating group) is 1. The summed E-state index contributed by atoms with van der Waals surface area (Å²) in [5.41, 5.74) is -2.15. The fourth-order valence-corrected chi connectivity index (χ4v) is 9.14. The molecule has 0 aliphatic carbocycles. The molecule has 1 aromatic heterocycles. The number of esters is 5. The Morgan fingerprint density at radius 1 is 0.667 bits per heavy atom. The molecular formula is C59H100N8O14. The minimum Gasteiger partial charge on any atom is -0.493 e. The van der Waals surface area contributed by atoms with E-state index in [1.807, 2.05) is 12.1 Å². The zero-order chi connectivity index (χ0) is 60.9. The second kappa shape index (κ2) is 31.9. The lowest BCUT2D eigenvalue weighted by Gasteiger charge is -2.36. The van der Waals surface area contributed by atoms with E-state index in [4.69, 9.17) is 37.9 Å². The van der Waals surface area contributed by atoms with Crippen molar-refractivity contribution in [2.45, 2.75) is 203 Å². The number of hydrogen-bond acceptors (Lipinski definition) is 20. The van der Waals surface area contributed by atoms with Gasteiger partial charge in [0.1, 0.15) is 33.7 Å². The molecule has 0 radical (unpaired) electrons. The van der Waals surface area contributed by atoms with Crippen LogP contribution in [0.25, 0.3) is 0 Å². The first-order valence-corrected chi connectivity index (χ1v) is 28.6.